The van der Waals surface area contributed by atoms with E-state index in [9.17, 15) is 18.0 Å². The van der Waals surface area contributed by atoms with Gasteiger partial charge in [-0.1, -0.05) is 0 Å². The van der Waals surface area contributed by atoms with Gasteiger partial charge in [-0.05, 0) is 26.8 Å². The molecule has 0 unspecified atom stereocenters. The molecule has 2 aliphatic heterocycles. The van der Waals surface area contributed by atoms with E-state index in [0.717, 1.165) is 18.8 Å². The first-order chi connectivity index (χ1) is 11.2. The Kier molecular flexibility index (Phi) is 4.19. The van der Waals surface area contributed by atoms with Crippen molar-refractivity contribution in [3.63, 3.8) is 0 Å². The predicted molar refractivity (Wildman–Crippen MR) is 85.1 cm³/mol. The van der Waals surface area contributed by atoms with Crippen LogP contribution in [0.3, 0.4) is 0 Å². The second-order valence-electron chi connectivity index (χ2n) is 6.44. The van der Waals surface area contributed by atoms with Gasteiger partial charge in [0, 0.05) is 38.4 Å². The number of piperazine rings is 1. The molecule has 1 atom stereocenters. The van der Waals surface area contributed by atoms with Crippen molar-refractivity contribution in [3.05, 3.63) is 17.8 Å². The summed E-state index contributed by atoms with van der Waals surface area (Å²) >= 11 is 0. The fourth-order valence-corrected chi connectivity index (χ4v) is 3.38. The summed E-state index contributed by atoms with van der Waals surface area (Å²) in [4.78, 5) is 22.4. The van der Waals surface area contributed by atoms with E-state index in [2.05, 4.69) is 23.7 Å². The van der Waals surface area contributed by atoms with Gasteiger partial charge in [0.25, 0.3) is 5.91 Å². The summed E-state index contributed by atoms with van der Waals surface area (Å²) in [5, 5.41) is 0. The molecule has 0 spiro atoms. The minimum absolute atomic E-state index is 0.156. The van der Waals surface area contributed by atoms with Gasteiger partial charge in [0.15, 0.2) is 5.82 Å². The molecule has 132 valence electrons. The molecule has 3 heterocycles. The standard InChI is InChI=1S/C16H21F3N4O/c1-4-22-12-7-11(16(17,18)19)8-20-14(12)23-6-5-21(10(2)3)9-13(23)15(22)24/h7-8,10,13H,4-6,9H2,1-3H3/t13-/m1/s1. The number of amides is 1. The minimum Gasteiger partial charge on any atom is -0.340 e. The normalized spacial score (nSPS) is 22.0. The largest absolute Gasteiger partial charge is 0.417 e. The molecule has 8 heteroatoms. The molecule has 0 N–H and O–H groups in total. The predicted octanol–water partition coefficient (Wildman–Crippen LogP) is 2.37. The average Bonchev–Trinajstić information content (AvgIpc) is 2.53. The van der Waals surface area contributed by atoms with Gasteiger partial charge in [0.1, 0.15) is 6.04 Å². The van der Waals surface area contributed by atoms with E-state index in [4.69, 9.17) is 0 Å². The summed E-state index contributed by atoms with van der Waals surface area (Å²) in [7, 11) is 0. The first kappa shape index (κ1) is 17.0. The van der Waals surface area contributed by atoms with Crippen molar-refractivity contribution in [3.8, 4) is 0 Å². The van der Waals surface area contributed by atoms with Crippen LogP contribution in [0, 0.1) is 0 Å². The van der Waals surface area contributed by atoms with Gasteiger partial charge in [-0.2, -0.15) is 13.2 Å². The Bertz CT molecular complexity index is 647. The molecule has 1 fully saturated rings. The van der Waals surface area contributed by atoms with E-state index < -0.39 is 17.8 Å². The van der Waals surface area contributed by atoms with E-state index in [1.807, 2.05) is 4.90 Å². The van der Waals surface area contributed by atoms with Crippen LogP contribution in [0.15, 0.2) is 12.3 Å². The van der Waals surface area contributed by atoms with Crippen molar-refractivity contribution in [1.82, 2.24) is 9.88 Å². The molecule has 1 aromatic rings. The van der Waals surface area contributed by atoms with Gasteiger partial charge in [0.05, 0.1) is 11.3 Å². The molecule has 1 aromatic heterocycles. The summed E-state index contributed by atoms with van der Waals surface area (Å²) in [5.41, 5.74) is -0.571. The van der Waals surface area contributed by atoms with Gasteiger partial charge in [-0.3, -0.25) is 9.69 Å². The van der Waals surface area contributed by atoms with Gasteiger partial charge >= 0.3 is 6.18 Å². The van der Waals surface area contributed by atoms with Crippen LogP contribution in [0.5, 0.6) is 0 Å². The van der Waals surface area contributed by atoms with Gasteiger partial charge in [0.2, 0.25) is 0 Å². The second-order valence-corrected chi connectivity index (χ2v) is 6.44. The van der Waals surface area contributed by atoms with Gasteiger partial charge in [-0.15, -0.1) is 0 Å². The average molecular weight is 342 g/mol. The van der Waals surface area contributed by atoms with Crippen LogP contribution in [0.4, 0.5) is 24.7 Å². The molecule has 2 aliphatic rings. The first-order valence-electron chi connectivity index (χ1n) is 8.13. The maximum Gasteiger partial charge on any atom is 0.417 e. The lowest BCUT2D eigenvalue weighted by atomic mass is 10.0. The van der Waals surface area contributed by atoms with Crippen LogP contribution in [0.2, 0.25) is 0 Å². The number of alkyl halides is 3. The van der Waals surface area contributed by atoms with E-state index in [-0.39, 0.29) is 11.6 Å². The Hall–Kier alpha value is -1.83. The highest BCUT2D eigenvalue weighted by molar-refractivity contribution is 6.05. The fourth-order valence-electron chi connectivity index (χ4n) is 3.38. The maximum atomic E-state index is 13.0. The smallest absolute Gasteiger partial charge is 0.340 e. The number of hydrogen-bond donors (Lipinski definition) is 0. The molecule has 0 bridgehead atoms. The summed E-state index contributed by atoms with van der Waals surface area (Å²) in [6.07, 6.45) is -3.62. The molecule has 24 heavy (non-hydrogen) atoms. The Labute approximate surface area is 139 Å². The van der Waals surface area contributed by atoms with Crippen LogP contribution >= 0.6 is 0 Å². The summed E-state index contributed by atoms with van der Waals surface area (Å²) < 4.78 is 39.0. The maximum absolute atomic E-state index is 13.0. The van der Waals surface area contributed by atoms with Crippen LogP contribution in [0.1, 0.15) is 26.3 Å². The highest BCUT2D eigenvalue weighted by Gasteiger charge is 2.43. The lowest BCUT2D eigenvalue weighted by Crippen LogP contribution is -2.63. The highest BCUT2D eigenvalue weighted by Crippen LogP contribution is 2.39. The number of carbonyl (C=O) groups excluding carboxylic acids is 1. The van der Waals surface area contributed by atoms with E-state index in [0.29, 0.717) is 31.5 Å². The Morgan fingerprint density at radius 2 is 2.04 bits per heavy atom. The summed E-state index contributed by atoms with van der Waals surface area (Å²) in [5.74, 6) is 0.314. The van der Waals surface area contributed by atoms with Gasteiger partial charge in [-0.25, -0.2) is 4.98 Å². The van der Waals surface area contributed by atoms with Crippen LogP contribution < -0.4 is 9.80 Å². The number of fused-ring (bicyclic) bond motifs is 3. The first-order valence-corrected chi connectivity index (χ1v) is 8.13. The lowest BCUT2D eigenvalue weighted by molar-refractivity contribution is -0.138. The van der Waals surface area contributed by atoms with E-state index >= 15 is 0 Å². The van der Waals surface area contributed by atoms with E-state index in [1.54, 1.807) is 6.92 Å². The quantitative estimate of drug-likeness (QED) is 0.827. The number of halogens is 3. The number of aromatic nitrogens is 1. The number of nitrogens with zero attached hydrogens (tertiary/aromatic N) is 4. The highest BCUT2D eigenvalue weighted by atomic mass is 19.4. The van der Waals surface area contributed by atoms with Crippen molar-refractivity contribution >= 4 is 17.4 Å². The van der Waals surface area contributed by atoms with Crippen molar-refractivity contribution in [2.24, 2.45) is 0 Å². The molecule has 0 aliphatic carbocycles. The Balaban J connectivity index is 2.03. The number of hydrogen-bond acceptors (Lipinski definition) is 4. The van der Waals surface area contributed by atoms with Crippen LogP contribution in [0.25, 0.3) is 0 Å². The second kappa shape index (κ2) is 5.91. The topological polar surface area (TPSA) is 39.7 Å². The summed E-state index contributed by atoms with van der Waals surface area (Å²) in [6, 6.07) is 0.962. The van der Waals surface area contributed by atoms with Crippen LogP contribution in [-0.4, -0.2) is 54.1 Å². The van der Waals surface area contributed by atoms with Crippen molar-refractivity contribution < 1.29 is 18.0 Å². The molecule has 0 saturated carbocycles. The molecule has 1 saturated heterocycles. The third-order valence-corrected chi connectivity index (χ3v) is 4.75. The molecular weight excluding hydrogens is 321 g/mol. The number of carbonyl (C=O) groups is 1. The van der Waals surface area contributed by atoms with Gasteiger partial charge < -0.3 is 9.80 Å². The zero-order valence-corrected chi connectivity index (χ0v) is 14.0. The Morgan fingerprint density at radius 1 is 1.33 bits per heavy atom. The summed E-state index contributed by atoms with van der Waals surface area (Å²) in [6.45, 7) is 8.13. The lowest BCUT2D eigenvalue weighted by Gasteiger charge is -2.48. The zero-order valence-electron chi connectivity index (χ0n) is 14.0. The monoisotopic (exact) mass is 342 g/mol. The third-order valence-electron chi connectivity index (χ3n) is 4.75. The molecular formula is C16H21F3N4O. The number of rotatable bonds is 2. The van der Waals surface area contributed by atoms with Crippen LogP contribution in [-0.2, 0) is 11.0 Å². The molecule has 3 rings (SSSR count). The molecule has 5 nitrogen and oxygen atoms in total. The fraction of sp³-hybridized carbons (Fsp3) is 0.625. The SMILES string of the molecule is CCN1C(=O)[C@H]2CN(C(C)C)CCN2c2ncc(C(F)(F)F)cc21. The third kappa shape index (κ3) is 2.72. The molecule has 0 aromatic carbocycles. The molecule has 0 radical (unpaired) electrons. The molecule has 1 amide bonds. The van der Waals surface area contributed by atoms with E-state index in [1.165, 1.54) is 4.90 Å². The minimum atomic E-state index is -4.47. The van der Waals surface area contributed by atoms with Crippen molar-refractivity contribution in [2.75, 3.05) is 36.0 Å². The number of pyridine rings is 1. The number of anilines is 2. The zero-order chi connectivity index (χ0) is 17.6. The number of likely N-dealkylation sites (N-methyl/N-ethyl adjacent to an activating group) is 1. The Morgan fingerprint density at radius 3 is 2.62 bits per heavy atom. The van der Waals surface area contributed by atoms with Crippen molar-refractivity contribution in [1.29, 1.82) is 0 Å². The van der Waals surface area contributed by atoms with Crippen molar-refractivity contribution in [2.45, 2.75) is 39.0 Å².